The summed E-state index contributed by atoms with van der Waals surface area (Å²) in [6, 6.07) is 15.9. The monoisotopic (exact) mass is 416 g/mol. The number of aryl methyl sites for hydroxylation is 3. The Labute approximate surface area is 184 Å². The number of amides is 1. The molecule has 162 valence electrons. The van der Waals surface area contributed by atoms with Gasteiger partial charge in [0.1, 0.15) is 5.56 Å². The highest BCUT2D eigenvalue weighted by atomic mass is 16.2. The zero-order chi connectivity index (χ0) is 22.9. The molecule has 0 aliphatic heterocycles. The second-order valence-corrected chi connectivity index (χ2v) is 9.36. The number of para-hydroxylation sites is 1. The Bertz CT molecular complexity index is 1160. The molecule has 0 spiro atoms. The second-order valence-electron chi connectivity index (χ2n) is 9.36. The van der Waals surface area contributed by atoms with Gasteiger partial charge in [0.05, 0.1) is 0 Å². The quantitative estimate of drug-likeness (QED) is 0.595. The molecule has 1 aromatic heterocycles. The van der Waals surface area contributed by atoms with Crippen LogP contribution in [0.5, 0.6) is 0 Å². The summed E-state index contributed by atoms with van der Waals surface area (Å²) in [5, 5.41) is 2.96. The number of hydrogen-bond acceptors (Lipinski definition) is 2. The molecule has 0 unspecified atom stereocenters. The average Bonchev–Trinajstić information content (AvgIpc) is 2.67. The molecule has 1 N–H and O–H groups in total. The minimum Gasteiger partial charge on any atom is -0.344 e. The lowest BCUT2D eigenvalue weighted by molar-refractivity contribution is 0.102. The Hall–Kier alpha value is -3.14. The van der Waals surface area contributed by atoms with E-state index in [0.29, 0.717) is 12.2 Å². The highest BCUT2D eigenvalue weighted by Gasteiger charge is 2.19. The van der Waals surface area contributed by atoms with Crippen LogP contribution in [-0.2, 0) is 12.0 Å². The fraction of sp³-hybridized carbons (Fsp3) is 0.333. The van der Waals surface area contributed by atoms with Crippen molar-refractivity contribution in [1.82, 2.24) is 4.57 Å². The van der Waals surface area contributed by atoms with Gasteiger partial charge in [-0.15, -0.1) is 0 Å². The molecule has 1 heterocycles. The minimum absolute atomic E-state index is 0.0979. The van der Waals surface area contributed by atoms with Crippen LogP contribution in [0.2, 0.25) is 0 Å². The summed E-state index contributed by atoms with van der Waals surface area (Å²) in [5.41, 5.74) is 6.66. The zero-order valence-corrected chi connectivity index (χ0v) is 19.6. The smallest absolute Gasteiger partial charge is 0.261 e. The van der Waals surface area contributed by atoms with Gasteiger partial charge in [0, 0.05) is 29.7 Å². The predicted octanol–water partition coefficient (Wildman–Crippen LogP) is 5.68. The molecule has 4 heteroatoms. The molecular weight excluding hydrogens is 384 g/mol. The van der Waals surface area contributed by atoms with Crippen molar-refractivity contribution in [2.45, 2.75) is 60.4 Å². The molecule has 2 aromatic carbocycles. The molecule has 0 aliphatic rings. The van der Waals surface area contributed by atoms with Crippen LogP contribution < -0.4 is 10.7 Å². The fourth-order valence-electron chi connectivity index (χ4n) is 3.92. The first-order valence-corrected chi connectivity index (χ1v) is 10.7. The fourth-order valence-corrected chi connectivity index (χ4v) is 3.92. The number of pyridine rings is 1. The molecule has 0 bridgehead atoms. The second kappa shape index (κ2) is 8.54. The standard InChI is InChI=1S/C27H32N2O2/c1-17-9-8-10-18(2)25(17)28-26(31)24-20(4)29(19(3)15-23(24)30)16-21-11-13-22(14-12-21)27(5,6)7/h8-15H,16H2,1-7H3,(H,28,31). The maximum absolute atomic E-state index is 13.1. The third-order valence-electron chi connectivity index (χ3n) is 5.89. The lowest BCUT2D eigenvalue weighted by Gasteiger charge is -2.21. The van der Waals surface area contributed by atoms with Crippen LogP contribution in [-0.4, -0.2) is 10.5 Å². The van der Waals surface area contributed by atoms with Gasteiger partial charge >= 0.3 is 0 Å². The number of anilines is 1. The van der Waals surface area contributed by atoms with E-state index in [4.69, 9.17) is 0 Å². The average molecular weight is 417 g/mol. The Balaban J connectivity index is 1.96. The van der Waals surface area contributed by atoms with Crippen molar-refractivity contribution in [3.63, 3.8) is 0 Å². The van der Waals surface area contributed by atoms with E-state index in [-0.39, 0.29) is 22.3 Å². The Morgan fingerprint density at radius 3 is 2.06 bits per heavy atom. The first-order valence-electron chi connectivity index (χ1n) is 10.7. The largest absolute Gasteiger partial charge is 0.344 e. The lowest BCUT2D eigenvalue weighted by Crippen LogP contribution is -2.27. The molecule has 0 fully saturated rings. The topological polar surface area (TPSA) is 51.1 Å². The number of nitrogens with zero attached hydrogens (tertiary/aromatic N) is 1. The van der Waals surface area contributed by atoms with Crippen molar-refractivity contribution in [1.29, 1.82) is 0 Å². The number of hydrogen-bond donors (Lipinski definition) is 1. The Morgan fingerprint density at radius 2 is 1.52 bits per heavy atom. The highest BCUT2D eigenvalue weighted by molar-refractivity contribution is 6.05. The van der Waals surface area contributed by atoms with Gasteiger partial charge in [0.2, 0.25) is 0 Å². The molecule has 31 heavy (non-hydrogen) atoms. The van der Waals surface area contributed by atoms with Gasteiger partial charge in [0.25, 0.3) is 5.91 Å². The van der Waals surface area contributed by atoms with E-state index < -0.39 is 0 Å². The summed E-state index contributed by atoms with van der Waals surface area (Å²) in [6.45, 7) is 14.8. The molecule has 0 radical (unpaired) electrons. The van der Waals surface area contributed by atoms with Crippen molar-refractivity contribution >= 4 is 11.6 Å². The summed E-state index contributed by atoms with van der Waals surface area (Å²) in [4.78, 5) is 25.9. The maximum atomic E-state index is 13.1. The van der Waals surface area contributed by atoms with Gasteiger partial charge in [-0.2, -0.15) is 0 Å². The van der Waals surface area contributed by atoms with E-state index in [1.807, 2.05) is 50.5 Å². The van der Waals surface area contributed by atoms with E-state index in [1.165, 1.54) is 5.56 Å². The molecule has 0 saturated heterocycles. The maximum Gasteiger partial charge on any atom is 0.261 e. The molecule has 4 nitrogen and oxygen atoms in total. The first kappa shape index (κ1) is 22.5. The van der Waals surface area contributed by atoms with Gasteiger partial charge < -0.3 is 9.88 Å². The lowest BCUT2D eigenvalue weighted by atomic mass is 9.87. The zero-order valence-electron chi connectivity index (χ0n) is 19.6. The highest BCUT2D eigenvalue weighted by Crippen LogP contribution is 2.23. The van der Waals surface area contributed by atoms with E-state index >= 15 is 0 Å². The van der Waals surface area contributed by atoms with Crippen molar-refractivity contribution in [2.75, 3.05) is 5.32 Å². The Kier molecular flexibility index (Phi) is 6.21. The van der Waals surface area contributed by atoms with Crippen molar-refractivity contribution in [3.05, 3.63) is 98.0 Å². The molecule has 0 aliphatic carbocycles. The van der Waals surface area contributed by atoms with Crippen LogP contribution in [0.1, 0.15) is 64.8 Å². The van der Waals surface area contributed by atoms with Crippen LogP contribution in [0.15, 0.2) is 53.3 Å². The number of carbonyl (C=O) groups is 1. The summed E-state index contributed by atoms with van der Waals surface area (Å²) >= 11 is 0. The number of benzene rings is 2. The van der Waals surface area contributed by atoms with Crippen LogP contribution in [0.3, 0.4) is 0 Å². The van der Waals surface area contributed by atoms with E-state index in [9.17, 15) is 9.59 Å². The molecule has 3 rings (SSSR count). The summed E-state index contributed by atoms with van der Waals surface area (Å²) in [5.74, 6) is -0.364. The molecule has 1 amide bonds. The van der Waals surface area contributed by atoms with Crippen LogP contribution >= 0.6 is 0 Å². The van der Waals surface area contributed by atoms with Crippen LogP contribution in [0.4, 0.5) is 5.69 Å². The minimum atomic E-state index is -0.364. The van der Waals surface area contributed by atoms with Crippen molar-refractivity contribution in [3.8, 4) is 0 Å². The number of aromatic nitrogens is 1. The third kappa shape index (κ3) is 4.79. The van der Waals surface area contributed by atoms with E-state index in [2.05, 4.69) is 50.4 Å². The molecular formula is C27H32N2O2. The van der Waals surface area contributed by atoms with Gasteiger partial charge in [-0.3, -0.25) is 9.59 Å². The van der Waals surface area contributed by atoms with Crippen molar-refractivity contribution in [2.24, 2.45) is 0 Å². The number of carbonyl (C=O) groups excluding carboxylic acids is 1. The van der Waals surface area contributed by atoms with Gasteiger partial charge in [-0.05, 0) is 55.4 Å². The SMILES string of the molecule is Cc1cccc(C)c1NC(=O)c1c(C)n(Cc2ccc(C(C)(C)C)cc2)c(C)cc1=O. The van der Waals surface area contributed by atoms with E-state index in [1.54, 1.807) is 6.07 Å². The van der Waals surface area contributed by atoms with Crippen molar-refractivity contribution < 1.29 is 4.79 Å². The molecule has 0 saturated carbocycles. The summed E-state index contributed by atoms with van der Waals surface area (Å²) < 4.78 is 2.03. The van der Waals surface area contributed by atoms with E-state index in [0.717, 1.165) is 28.1 Å². The third-order valence-corrected chi connectivity index (χ3v) is 5.89. The first-order chi connectivity index (χ1) is 14.5. The Morgan fingerprint density at radius 1 is 0.935 bits per heavy atom. The van der Waals surface area contributed by atoms with Crippen LogP contribution in [0, 0.1) is 27.7 Å². The predicted molar refractivity (Wildman–Crippen MR) is 128 cm³/mol. The number of nitrogens with one attached hydrogen (secondary N) is 1. The van der Waals surface area contributed by atoms with Gasteiger partial charge in [-0.25, -0.2) is 0 Å². The summed E-state index contributed by atoms with van der Waals surface area (Å²) in [6.07, 6.45) is 0. The molecule has 3 aromatic rings. The normalized spacial score (nSPS) is 11.5. The number of rotatable bonds is 4. The van der Waals surface area contributed by atoms with Gasteiger partial charge in [-0.1, -0.05) is 63.2 Å². The molecule has 0 atom stereocenters. The summed E-state index contributed by atoms with van der Waals surface area (Å²) in [7, 11) is 0. The van der Waals surface area contributed by atoms with Crippen LogP contribution in [0.25, 0.3) is 0 Å². The van der Waals surface area contributed by atoms with Gasteiger partial charge in [0.15, 0.2) is 5.43 Å².